The zero-order chi connectivity index (χ0) is 16.8. The lowest BCUT2D eigenvalue weighted by Crippen LogP contribution is -2.36. The van der Waals surface area contributed by atoms with Crippen molar-refractivity contribution in [3.8, 4) is 0 Å². The number of nitrogens with zero attached hydrogens (tertiary/aromatic N) is 5. The number of aliphatic hydroxyl groups excluding tert-OH is 1. The van der Waals surface area contributed by atoms with E-state index in [2.05, 4.69) is 31.0 Å². The highest BCUT2D eigenvalue weighted by Crippen LogP contribution is 2.22. The first-order valence-corrected chi connectivity index (χ1v) is 9.74. The molecule has 0 radical (unpaired) electrons. The quantitative estimate of drug-likeness (QED) is 0.862. The Morgan fingerprint density at radius 3 is 2.46 bits per heavy atom. The molecule has 0 spiro atoms. The number of piperidine rings is 1. The molecule has 0 aromatic carbocycles. The second-order valence-corrected chi connectivity index (χ2v) is 7.59. The minimum absolute atomic E-state index is 0.195. The summed E-state index contributed by atoms with van der Waals surface area (Å²) in [5, 5.41) is 18.2. The molecule has 1 unspecified atom stereocenters. The molecule has 2 fully saturated rings. The topological polar surface area (TPSA) is 57.4 Å². The Kier molecular flexibility index (Phi) is 6.63. The van der Waals surface area contributed by atoms with E-state index in [-0.39, 0.29) is 6.10 Å². The number of hydrogen-bond donors (Lipinski definition) is 1. The van der Waals surface area contributed by atoms with Gasteiger partial charge in [0.25, 0.3) is 0 Å². The van der Waals surface area contributed by atoms with Gasteiger partial charge < -0.3 is 10.0 Å². The number of hydrogen-bond acceptors (Lipinski definition) is 5. The molecule has 3 rings (SSSR count). The summed E-state index contributed by atoms with van der Waals surface area (Å²) in [6.07, 6.45) is 10.5. The number of aromatic nitrogens is 3. The van der Waals surface area contributed by atoms with Crippen molar-refractivity contribution in [2.45, 2.75) is 70.6 Å². The van der Waals surface area contributed by atoms with Crippen molar-refractivity contribution in [1.82, 2.24) is 24.8 Å². The van der Waals surface area contributed by atoms with Gasteiger partial charge in [-0.1, -0.05) is 18.1 Å². The molecule has 2 saturated heterocycles. The first-order chi connectivity index (χ1) is 11.7. The van der Waals surface area contributed by atoms with Gasteiger partial charge in [-0.05, 0) is 52.1 Å². The van der Waals surface area contributed by atoms with Gasteiger partial charge >= 0.3 is 0 Å². The van der Waals surface area contributed by atoms with Crippen molar-refractivity contribution < 1.29 is 5.11 Å². The highest BCUT2D eigenvalue weighted by Gasteiger charge is 2.22. The Balaban J connectivity index is 1.45. The fourth-order valence-corrected chi connectivity index (χ4v) is 3.86. The highest BCUT2D eigenvalue weighted by atomic mass is 16.3. The summed E-state index contributed by atoms with van der Waals surface area (Å²) in [4.78, 5) is 4.98. The summed E-state index contributed by atoms with van der Waals surface area (Å²) in [7, 11) is 0. The molecule has 1 atom stereocenters. The minimum atomic E-state index is -0.195. The molecule has 0 bridgehead atoms. The number of likely N-dealkylation sites (tertiary alicyclic amines) is 2. The van der Waals surface area contributed by atoms with Crippen LogP contribution in [0, 0.1) is 0 Å². The zero-order valence-corrected chi connectivity index (χ0v) is 15.1. The standard InChI is InChI=1S/C18H33N5O/c1-16(24)6-11-21-12-7-18(8-13-21)23-15-17(19-20-23)14-22-9-4-2-3-5-10-22/h15-16,18,24H,2-14H2,1H3. The largest absolute Gasteiger partial charge is 0.393 e. The molecular weight excluding hydrogens is 302 g/mol. The molecule has 6 nitrogen and oxygen atoms in total. The van der Waals surface area contributed by atoms with Crippen molar-refractivity contribution in [3.63, 3.8) is 0 Å². The van der Waals surface area contributed by atoms with Gasteiger partial charge in [-0.3, -0.25) is 4.90 Å². The van der Waals surface area contributed by atoms with E-state index in [1.807, 2.05) is 6.92 Å². The van der Waals surface area contributed by atoms with E-state index >= 15 is 0 Å². The van der Waals surface area contributed by atoms with Gasteiger partial charge in [0, 0.05) is 26.2 Å². The Morgan fingerprint density at radius 1 is 1.08 bits per heavy atom. The molecule has 0 saturated carbocycles. The van der Waals surface area contributed by atoms with Crippen LogP contribution in [0.3, 0.4) is 0 Å². The molecule has 2 aliphatic rings. The van der Waals surface area contributed by atoms with Crippen molar-refractivity contribution >= 4 is 0 Å². The molecular formula is C18H33N5O. The molecule has 3 heterocycles. The maximum Gasteiger partial charge on any atom is 0.0967 e. The van der Waals surface area contributed by atoms with E-state index < -0.39 is 0 Å². The summed E-state index contributed by atoms with van der Waals surface area (Å²) in [6.45, 7) is 8.42. The van der Waals surface area contributed by atoms with Crippen LogP contribution < -0.4 is 0 Å². The smallest absolute Gasteiger partial charge is 0.0967 e. The van der Waals surface area contributed by atoms with Crippen LogP contribution in [-0.4, -0.2) is 68.7 Å². The lowest BCUT2D eigenvalue weighted by atomic mass is 10.0. The summed E-state index contributed by atoms with van der Waals surface area (Å²) >= 11 is 0. The van der Waals surface area contributed by atoms with Gasteiger partial charge in [-0.25, -0.2) is 4.68 Å². The maximum atomic E-state index is 9.41. The highest BCUT2D eigenvalue weighted by molar-refractivity contribution is 4.94. The molecule has 0 amide bonds. The van der Waals surface area contributed by atoms with Crippen LogP contribution in [0.2, 0.25) is 0 Å². The first-order valence-electron chi connectivity index (χ1n) is 9.74. The van der Waals surface area contributed by atoms with Crippen molar-refractivity contribution in [1.29, 1.82) is 0 Å². The Labute approximate surface area is 145 Å². The van der Waals surface area contributed by atoms with E-state index in [9.17, 15) is 5.11 Å². The van der Waals surface area contributed by atoms with Crippen LogP contribution >= 0.6 is 0 Å². The minimum Gasteiger partial charge on any atom is -0.393 e. The van der Waals surface area contributed by atoms with Gasteiger partial charge in [0.1, 0.15) is 0 Å². The van der Waals surface area contributed by atoms with Crippen LogP contribution in [0.15, 0.2) is 6.20 Å². The Morgan fingerprint density at radius 2 is 1.79 bits per heavy atom. The lowest BCUT2D eigenvalue weighted by molar-refractivity contribution is 0.131. The van der Waals surface area contributed by atoms with Crippen molar-refractivity contribution in [3.05, 3.63) is 11.9 Å². The maximum absolute atomic E-state index is 9.41. The molecule has 0 aliphatic carbocycles. The van der Waals surface area contributed by atoms with Crippen LogP contribution in [0.25, 0.3) is 0 Å². The van der Waals surface area contributed by atoms with Gasteiger partial charge in [0.05, 0.1) is 24.0 Å². The van der Waals surface area contributed by atoms with E-state index in [0.717, 1.165) is 51.1 Å². The third-order valence-electron chi connectivity index (χ3n) is 5.44. The fourth-order valence-electron chi connectivity index (χ4n) is 3.86. The average molecular weight is 335 g/mol. The lowest BCUT2D eigenvalue weighted by Gasteiger charge is -2.32. The van der Waals surface area contributed by atoms with E-state index in [4.69, 9.17) is 0 Å². The summed E-state index contributed by atoms with van der Waals surface area (Å²) in [5.74, 6) is 0. The summed E-state index contributed by atoms with van der Waals surface area (Å²) in [5.41, 5.74) is 1.12. The van der Waals surface area contributed by atoms with Crippen LogP contribution in [0.1, 0.15) is 63.6 Å². The normalized spacial score (nSPS) is 23.2. The fraction of sp³-hybridized carbons (Fsp3) is 0.889. The predicted octanol–water partition coefficient (Wildman–Crippen LogP) is 2.06. The van der Waals surface area contributed by atoms with Crippen LogP contribution in [0.5, 0.6) is 0 Å². The number of aliphatic hydroxyl groups is 1. The molecule has 1 aromatic heterocycles. The van der Waals surface area contributed by atoms with Gasteiger partial charge in [0.2, 0.25) is 0 Å². The van der Waals surface area contributed by atoms with E-state index in [1.54, 1.807) is 0 Å². The van der Waals surface area contributed by atoms with E-state index in [1.165, 1.54) is 38.8 Å². The van der Waals surface area contributed by atoms with Gasteiger partial charge in [-0.15, -0.1) is 5.10 Å². The number of rotatable bonds is 6. The van der Waals surface area contributed by atoms with Gasteiger partial charge in [0.15, 0.2) is 0 Å². The molecule has 6 heteroatoms. The monoisotopic (exact) mass is 335 g/mol. The first kappa shape index (κ1) is 17.8. The van der Waals surface area contributed by atoms with Gasteiger partial charge in [-0.2, -0.15) is 0 Å². The van der Waals surface area contributed by atoms with Crippen LogP contribution in [-0.2, 0) is 6.54 Å². The average Bonchev–Trinajstić information content (AvgIpc) is 2.89. The molecule has 24 heavy (non-hydrogen) atoms. The third-order valence-corrected chi connectivity index (χ3v) is 5.44. The molecule has 1 N–H and O–H groups in total. The molecule has 136 valence electrons. The second kappa shape index (κ2) is 8.92. The van der Waals surface area contributed by atoms with Crippen molar-refractivity contribution in [2.75, 3.05) is 32.7 Å². The predicted molar refractivity (Wildman–Crippen MR) is 94.8 cm³/mol. The molecule has 2 aliphatic heterocycles. The van der Waals surface area contributed by atoms with Crippen LogP contribution in [0.4, 0.5) is 0 Å². The Hall–Kier alpha value is -0.980. The second-order valence-electron chi connectivity index (χ2n) is 7.59. The Bertz CT molecular complexity index is 474. The summed E-state index contributed by atoms with van der Waals surface area (Å²) < 4.78 is 2.10. The van der Waals surface area contributed by atoms with E-state index in [0.29, 0.717) is 6.04 Å². The van der Waals surface area contributed by atoms with Crippen molar-refractivity contribution in [2.24, 2.45) is 0 Å². The summed E-state index contributed by atoms with van der Waals surface area (Å²) in [6, 6.07) is 0.484. The third kappa shape index (κ3) is 5.26. The zero-order valence-electron chi connectivity index (χ0n) is 15.1. The SMILES string of the molecule is CC(O)CCN1CCC(n2cc(CN3CCCCCC3)nn2)CC1. The molecule has 1 aromatic rings.